The van der Waals surface area contributed by atoms with Crippen LogP contribution in [0, 0.1) is 6.92 Å². The van der Waals surface area contributed by atoms with E-state index in [1.165, 1.54) is 15.9 Å². The molecule has 0 fully saturated rings. The van der Waals surface area contributed by atoms with Crippen molar-refractivity contribution in [3.63, 3.8) is 0 Å². The van der Waals surface area contributed by atoms with E-state index in [0.717, 1.165) is 28.0 Å². The van der Waals surface area contributed by atoms with Crippen LogP contribution in [-0.2, 0) is 0 Å². The number of nitrogens with zero attached hydrogens (tertiary/aromatic N) is 2. The van der Waals surface area contributed by atoms with Crippen molar-refractivity contribution in [1.29, 1.82) is 0 Å². The Labute approximate surface area is 178 Å². The number of hydrogen-bond donors (Lipinski definition) is 0. The highest BCUT2D eigenvalue weighted by molar-refractivity contribution is 7.80. The summed E-state index contributed by atoms with van der Waals surface area (Å²) in [5.74, 6) is 0. The monoisotopic (exact) mass is 404 g/mol. The summed E-state index contributed by atoms with van der Waals surface area (Å²) >= 11 is 0. The Bertz CT molecular complexity index is 1260. The van der Waals surface area contributed by atoms with E-state index >= 15 is 0 Å². The van der Waals surface area contributed by atoms with Crippen LogP contribution in [-0.4, -0.2) is 9.97 Å². The summed E-state index contributed by atoms with van der Waals surface area (Å²) in [4.78, 5) is 9.80. The minimum absolute atomic E-state index is 0.716. The van der Waals surface area contributed by atoms with Crippen LogP contribution < -0.4 is 15.9 Å². The molecule has 2 aromatic heterocycles. The van der Waals surface area contributed by atoms with Gasteiger partial charge in [-0.3, -0.25) is 4.98 Å². The van der Waals surface area contributed by atoms with E-state index in [4.69, 9.17) is 4.98 Å². The van der Waals surface area contributed by atoms with Gasteiger partial charge in [-0.2, -0.15) is 0 Å². The van der Waals surface area contributed by atoms with Crippen LogP contribution in [0.25, 0.3) is 22.3 Å². The SMILES string of the molecule is Cc1cccc(-c2ccc3cccc(P(c4ccccc4)c4ccccc4)c3n2)n1. The van der Waals surface area contributed by atoms with E-state index in [9.17, 15) is 0 Å². The second-order valence-corrected chi connectivity index (χ2v) is 9.40. The lowest BCUT2D eigenvalue weighted by atomic mass is 10.1. The van der Waals surface area contributed by atoms with Crippen LogP contribution in [0.5, 0.6) is 0 Å². The standard InChI is InChI=1S/C27H21N2P/c1-20-10-8-16-24(28-20)25-19-18-21-11-9-17-26(27(21)29-25)30(22-12-4-2-5-13-22)23-14-6-3-7-15-23/h2-19H,1H3. The molecule has 0 bridgehead atoms. The quantitative estimate of drug-likeness (QED) is 0.377. The normalized spacial score (nSPS) is 11.1. The highest BCUT2D eigenvalue weighted by Gasteiger charge is 2.19. The molecule has 0 aliphatic rings. The zero-order chi connectivity index (χ0) is 20.3. The van der Waals surface area contributed by atoms with E-state index in [1.807, 2.05) is 25.1 Å². The molecule has 0 radical (unpaired) electrons. The van der Waals surface area contributed by atoms with Crippen LogP contribution in [0.2, 0.25) is 0 Å². The fraction of sp³-hybridized carbons (Fsp3) is 0.0370. The fourth-order valence-corrected chi connectivity index (χ4v) is 6.14. The number of rotatable bonds is 4. The van der Waals surface area contributed by atoms with Crippen molar-refractivity contribution in [3.8, 4) is 11.4 Å². The number of hydrogen-bond acceptors (Lipinski definition) is 2. The van der Waals surface area contributed by atoms with E-state index in [2.05, 4.69) is 96.0 Å². The maximum Gasteiger partial charge on any atom is 0.0894 e. The first-order chi connectivity index (χ1) is 14.8. The van der Waals surface area contributed by atoms with Gasteiger partial charge in [0.15, 0.2) is 0 Å². The Balaban J connectivity index is 1.74. The van der Waals surface area contributed by atoms with Gasteiger partial charge in [0.1, 0.15) is 0 Å². The number of fused-ring (bicyclic) bond motifs is 1. The molecule has 5 aromatic rings. The summed E-state index contributed by atoms with van der Waals surface area (Å²) in [6.45, 7) is 2.01. The highest BCUT2D eigenvalue weighted by atomic mass is 31.1. The summed E-state index contributed by atoms with van der Waals surface area (Å²) in [5.41, 5.74) is 3.88. The van der Waals surface area contributed by atoms with Crippen molar-refractivity contribution in [1.82, 2.24) is 9.97 Å². The number of aryl methyl sites for hydroxylation is 1. The molecule has 0 unspecified atom stereocenters. The molecule has 3 heteroatoms. The molecule has 0 N–H and O–H groups in total. The minimum Gasteiger partial charge on any atom is -0.251 e. The topological polar surface area (TPSA) is 25.8 Å². The molecule has 144 valence electrons. The van der Waals surface area contributed by atoms with E-state index < -0.39 is 7.92 Å². The molecule has 0 saturated heterocycles. The van der Waals surface area contributed by atoms with Crippen molar-refractivity contribution >= 4 is 34.7 Å². The number of pyridine rings is 2. The molecule has 0 aliphatic carbocycles. The third-order valence-electron chi connectivity index (χ3n) is 5.12. The zero-order valence-corrected chi connectivity index (χ0v) is 17.6. The summed E-state index contributed by atoms with van der Waals surface area (Å²) in [6, 6.07) is 38.4. The van der Waals surface area contributed by atoms with Crippen LogP contribution in [0.4, 0.5) is 0 Å². The Hall–Kier alpha value is -3.35. The fourth-order valence-electron chi connectivity index (χ4n) is 3.72. The lowest BCUT2D eigenvalue weighted by Crippen LogP contribution is -2.21. The summed E-state index contributed by atoms with van der Waals surface area (Å²) < 4.78 is 0. The van der Waals surface area contributed by atoms with Gasteiger partial charge in [-0.15, -0.1) is 0 Å². The zero-order valence-electron chi connectivity index (χ0n) is 16.7. The highest BCUT2D eigenvalue weighted by Crippen LogP contribution is 2.35. The van der Waals surface area contributed by atoms with Gasteiger partial charge in [-0.1, -0.05) is 91.0 Å². The number of para-hydroxylation sites is 1. The molecule has 2 nitrogen and oxygen atoms in total. The summed E-state index contributed by atoms with van der Waals surface area (Å²) in [5, 5.41) is 5.08. The largest absolute Gasteiger partial charge is 0.251 e. The summed E-state index contributed by atoms with van der Waals surface area (Å²) in [7, 11) is -0.716. The predicted octanol–water partition coefficient (Wildman–Crippen LogP) is 5.36. The van der Waals surface area contributed by atoms with Gasteiger partial charge in [0, 0.05) is 16.4 Å². The molecule has 30 heavy (non-hydrogen) atoms. The molecule has 0 saturated carbocycles. The maximum atomic E-state index is 5.11. The van der Waals surface area contributed by atoms with Gasteiger partial charge >= 0.3 is 0 Å². The predicted molar refractivity (Wildman–Crippen MR) is 128 cm³/mol. The molecule has 0 aliphatic heterocycles. The average Bonchev–Trinajstić information content (AvgIpc) is 2.81. The molecular weight excluding hydrogens is 383 g/mol. The third-order valence-corrected chi connectivity index (χ3v) is 7.59. The molecule has 0 amide bonds. The van der Waals surface area contributed by atoms with Gasteiger partial charge in [-0.05, 0) is 43.7 Å². The second kappa shape index (κ2) is 8.18. The Morgan fingerprint density at radius 1 is 0.533 bits per heavy atom. The maximum absolute atomic E-state index is 5.11. The molecular formula is C27H21N2P. The Kier molecular flexibility index (Phi) is 5.09. The molecule has 0 spiro atoms. The summed E-state index contributed by atoms with van der Waals surface area (Å²) in [6.07, 6.45) is 0. The first-order valence-corrected chi connectivity index (χ1v) is 11.4. The van der Waals surface area contributed by atoms with E-state index in [0.29, 0.717) is 0 Å². The van der Waals surface area contributed by atoms with Gasteiger partial charge in [0.25, 0.3) is 0 Å². The molecule has 2 heterocycles. The molecule has 5 rings (SSSR count). The van der Waals surface area contributed by atoms with Crippen LogP contribution in [0.3, 0.4) is 0 Å². The van der Waals surface area contributed by atoms with Gasteiger partial charge < -0.3 is 0 Å². The van der Waals surface area contributed by atoms with Crippen molar-refractivity contribution in [2.75, 3.05) is 0 Å². The molecule has 0 atom stereocenters. The lowest BCUT2D eigenvalue weighted by molar-refractivity contribution is 1.19. The van der Waals surface area contributed by atoms with Crippen LogP contribution >= 0.6 is 7.92 Å². The van der Waals surface area contributed by atoms with Gasteiger partial charge in [-0.25, -0.2) is 4.98 Å². The van der Waals surface area contributed by atoms with Crippen LogP contribution in [0.1, 0.15) is 5.69 Å². The first-order valence-electron chi connectivity index (χ1n) is 10.0. The van der Waals surface area contributed by atoms with Crippen molar-refractivity contribution in [2.45, 2.75) is 6.92 Å². The number of benzene rings is 3. The smallest absolute Gasteiger partial charge is 0.0894 e. The lowest BCUT2D eigenvalue weighted by Gasteiger charge is -2.20. The van der Waals surface area contributed by atoms with E-state index in [1.54, 1.807) is 0 Å². The van der Waals surface area contributed by atoms with Crippen molar-refractivity contribution in [2.24, 2.45) is 0 Å². The Morgan fingerprint density at radius 2 is 1.17 bits per heavy atom. The van der Waals surface area contributed by atoms with Crippen LogP contribution in [0.15, 0.2) is 109 Å². The molecule has 3 aromatic carbocycles. The van der Waals surface area contributed by atoms with Crippen molar-refractivity contribution < 1.29 is 0 Å². The minimum atomic E-state index is -0.716. The Morgan fingerprint density at radius 3 is 1.83 bits per heavy atom. The van der Waals surface area contributed by atoms with E-state index in [-0.39, 0.29) is 0 Å². The number of aromatic nitrogens is 2. The van der Waals surface area contributed by atoms with Crippen molar-refractivity contribution in [3.05, 3.63) is 115 Å². The van der Waals surface area contributed by atoms with Gasteiger partial charge in [0.05, 0.1) is 16.9 Å². The average molecular weight is 404 g/mol. The first kappa shape index (κ1) is 18.7. The second-order valence-electron chi connectivity index (χ2n) is 7.22. The van der Waals surface area contributed by atoms with Gasteiger partial charge in [0.2, 0.25) is 0 Å². The third kappa shape index (κ3) is 3.63.